The zero-order valence-corrected chi connectivity index (χ0v) is 10.3. The Morgan fingerprint density at radius 2 is 2.19 bits per heavy atom. The van der Waals surface area contributed by atoms with Gasteiger partial charge in [0, 0.05) is 6.61 Å². The van der Waals surface area contributed by atoms with Gasteiger partial charge in [0.05, 0.1) is 24.0 Å². The second-order valence-corrected chi connectivity index (χ2v) is 5.36. The van der Waals surface area contributed by atoms with Gasteiger partial charge in [0.25, 0.3) is 0 Å². The van der Waals surface area contributed by atoms with Crippen LogP contribution in [0.1, 0.15) is 18.4 Å². The second-order valence-electron chi connectivity index (χ2n) is 4.07. The molecule has 1 saturated heterocycles. The van der Waals surface area contributed by atoms with Crippen LogP contribution < -0.4 is 4.72 Å². The molecule has 4 heteroatoms. The molecule has 0 saturated carbocycles. The van der Waals surface area contributed by atoms with Crippen LogP contribution in [0.25, 0.3) is 0 Å². The molecule has 0 aromatic heterocycles. The minimum Gasteiger partial charge on any atom is -0.593 e. The third-order valence-corrected chi connectivity index (χ3v) is 3.83. The van der Waals surface area contributed by atoms with Gasteiger partial charge >= 0.3 is 0 Å². The van der Waals surface area contributed by atoms with Gasteiger partial charge in [-0.3, -0.25) is 0 Å². The van der Waals surface area contributed by atoms with Crippen LogP contribution in [0, 0.1) is 6.92 Å². The Kier molecular flexibility index (Phi) is 4.23. The van der Waals surface area contributed by atoms with E-state index < -0.39 is 11.4 Å². The number of nitrogens with one attached hydrogen (secondary N) is 1. The molecule has 0 bridgehead atoms. The Labute approximate surface area is 99.5 Å². The smallest absolute Gasteiger partial charge is 0.173 e. The van der Waals surface area contributed by atoms with Gasteiger partial charge in [-0.05, 0) is 31.9 Å². The number of hydrogen-bond acceptors (Lipinski definition) is 3. The number of hydrogen-bond donors (Lipinski definition) is 1. The summed E-state index contributed by atoms with van der Waals surface area (Å²) in [4.78, 5) is 0.823. The second kappa shape index (κ2) is 5.68. The lowest BCUT2D eigenvalue weighted by atomic mass is 10.2. The van der Waals surface area contributed by atoms with Crippen molar-refractivity contribution in [2.45, 2.75) is 30.8 Å². The van der Waals surface area contributed by atoms with Gasteiger partial charge in [-0.15, -0.1) is 4.72 Å². The van der Waals surface area contributed by atoms with E-state index in [1.54, 1.807) is 0 Å². The van der Waals surface area contributed by atoms with Gasteiger partial charge in [0.1, 0.15) is 0 Å². The van der Waals surface area contributed by atoms with Crippen molar-refractivity contribution in [2.24, 2.45) is 0 Å². The van der Waals surface area contributed by atoms with Crippen LogP contribution in [0.4, 0.5) is 0 Å². The van der Waals surface area contributed by atoms with Crippen LogP contribution in [0.3, 0.4) is 0 Å². The van der Waals surface area contributed by atoms with Crippen LogP contribution in [0.2, 0.25) is 0 Å². The number of aryl methyl sites for hydroxylation is 1. The van der Waals surface area contributed by atoms with E-state index in [9.17, 15) is 4.55 Å². The molecule has 1 aliphatic rings. The van der Waals surface area contributed by atoms with E-state index in [1.165, 1.54) is 5.56 Å². The predicted molar refractivity (Wildman–Crippen MR) is 64.6 cm³/mol. The maximum absolute atomic E-state index is 11.9. The van der Waals surface area contributed by atoms with Gasteiger partial charge < -0.3 is 9.29 Å². The van der Waals surface area contributed by atoms with Crippen molar-refractivity contribution in [1.29, 1.82) is 0 Å². The Hall–Kier alpha value is -0.550. The van der Waals surface area contributed by atoms with Gasteiger partial charge in [-0.1, -0.05) is 17.7 Å². The maximum atomic E-state index is 11.9. The van der Waals surface area contributed by atoms with Crippen molar-refractivity contribution in [3.05, 3.63) is 29.8 Å². The number of ether oxygens (including phenoxy) is 1. The molecule has 1 heterocycles. The average Bonchev–Trinajstić information content (AvgIpc) is 2.80. The van der Waals surface area contributed by atoms with E-state index in [0.717, 1.165) is 24.3 Å². The molecule has 0 radical (unpaired) electrons. The first kappa shape index (κ1) is 11.9. The summed E-state index contributed by atoms with van der Waals surface area (Å²) in [5, 5.41) is 0. The molecule has 1 aromatic carbocycles. The summed E-state index contributed by atoms with van der Waals surface area (Å²) in [7, 11) is 0. The summed E-state index contributed by atoms with van der Waals surface area (Å²) in [6, 6.07) is 7.74. The molecule has 2 atom stereocenters. The molecule has 3 nitrogen and oxygen atoms in total. The van der Waals surface area contributed by atoms with Crippen molar-refractivity contribution in [3.8, 4) is 0 Å². The van der Waals surface area contributed by atoms with Crippen molar-refractivity contribution >= 4 is 11.4 Å². The van der Waals surface area contributed by atoms with Crippen LogP contribution in [0.15, 0.2) is 29.2 Å². The lowest BCUT2D eigenvalue weighted by Crippen LogP contribution is -2.31. The summed E-state index contributed by atoms with van der Waals surface area (Å²) in [5.41, 5.74) is 1.18. The molecule has 1 N–H and O–H groups in total. The van der Waals surface area contributed by atoms with Crippen molar-refractivity contribution in [1.82, 2.24) is 4.72 Å². The van der Waals surface area contributed by atoms with Crippen LogP contribution in [0.5, 0.6) is 0 Å². The zero-order chi connectivity index (χ0) is 11.4. The minimum absolute atomic E-state index is 0.231. The fraction of sp³-hybridized carbons (Fsp3) is 0.500. The molecule has 1 aromatic rings. The first-order valence-corrected chi connectivity index (χ1v) is 6.74. The highest BCUT2D eigenvalue weighted by molar-refractivity contribution is 7.89. The Morgan fingerprint density at radius 3 is 2.81 bits per heavy atom. The largest absolute Gasteiger partial charge is 0.593 e. The van der Waals surface area contributed by atoms with Gasteiger partial charge in [0.15, 0.2) is 4.90 Å². The van der Waals surface area contributed by atoms with E-state index in [2.05, 4.69) is 4.72 Å². The van der Waals surface area contributed by atoms with Gasteiger partial charge in [-0.2, -0.15) is 0 Å². The van der Waals surface area contributed by atoms with Crippen molar-refractivity contribution in [3.63, 3.8) is 0 Å². The van der Waals surface area contributed by atoms with Gasteiger partial charge in [0.2, 0.25) is 0 Å². The van der Waals surface area contributed by atoms with Crippen molar-refractivity contribution in [2.75, 3.05) is 13.2 Å². The highest BCUT2D eigenvalue weighted by Gasteiger charge is 2.18. The molecular weight excluding hydrogens is 222 g/mol. The molecule has 88 valence electrons. The Morgan fingerprint density at radius 1 is 1.44 bits per heavy atom. The quantitative estimate of drug-likeness (QED) is 0.815. The van der Waals surface area contributed by atoms with Crippen LogP contribution in [-0.2, 0) is 16.1 Å². The molecule has 0 amide bonds. The molecule has 1 aliphatic heterocycles. The standard InChI is InChI=1S/C12H17NO2S/c1-10-4-6-12(7-5-10)16(14)13-9-11-3-2-8-15-11/h4-7,11,13H,2-3,8-9H2,1H3. The fourth-order valence-corrected chi connectivity index (χ4v) is 2.61. The van der Waals surface area contributed by atoms with Crippen LogP contribution in [-0.4, -0.2) is 23.8 Å². The van der Waals surface area contributed by atoms with E-state index in [4.69, 9.17) is 4.74 Å². The monoisotopic (exact) mass is 239 g/mol. The highest BCUT2D eigenvalue weighted by atomic mass is 32.2. The molecule has 0 spiro atoms. The fourth-order valence-electron chi connectivity index (χ4n) is 1.72. The molecule has 0 aliphatic carbocycles. The third kappa shape index (κ3) is 3.22. The van der Waals surface area contributed by atoms with Gasteiger partial charge in [-0.25, -0.2) is 0 Å². The zero-order valence-electron chi connectivity index (χ0n) is 9.44. The predicted octanol–water partition coefficient (Wildman–Crippen LogP) is 1.79. The Balaban J connectivity index is 1.82. The van der Waals surface area contributed by atoms with Crippen LogP contribution >= 0.6 is 0 Å². The summed E-state index contributed by atoms with van der Waals surface area (Å²) >= 11 is -1.12. The number of benzene rings is 1. The third-order valence-electron chi connectivity index (χ3n) is 2.70. The SMILES string of the molecule is Cc1ccc([S+]([O-])NCC2CCCO2)cc1. The molecule has 2 unspecified atom stereocenters. The summed E-state index contributed by atoms with van der Waals surface area (Å²) in [5.74, 6) is 0. The normalized spacial score (nSPS) is 22.2. The molecule has 16 heavy (non-hydrogen) atoms. The molecule has 1 fully saturated rings. The molecule has 2 rings (SSSR count). The van der Waals surface area contributed by atoms with E-state index >= 15 is 0 Å². The lowest BCUT2D eigenvalue weighted by molar-refractivity contribution is 0.114. The van der Waals surface area contributed by atoms with E-state index in [-0.39, 0.29) is 6.10 Å². The highest BCUT2D eigenvalue weighted by Crippen LogP contribution is 2.13. The topological polar surface area (TPSA) is 44.3 Å². The minimum atomic E-state index is -1.12. The average molecular weight is 239 g/mol. The number of rotatable bonds is 4. The molecular formula is C12H17NO2S. The summed E-state index contributed by atoms with van der Waals surface area (Å²) in [6.45, 7) is 3.52. The lowest BCUT2D eigenvalue weighted by Gasteiger charge is -2.13. The summed E-state index contributed by atoms with van der Waals surface area (Å²) in [6.07, 6.45) is 2.41. The Bertz CT molecular complexity index is 322. The van der Waals surface area contributed by atoms with E-state index in [0.29, 0.717) is 6.54 Å². The maximum Gasteiger partial charge on any atom is 0.173 e. The summed E-state index contributed by atoms with van der Waals surface area (Å²) < 4.78 is 20.3. The first-order valence-electron chi connectivity index (χ1n) is 5.59. The van der Waals surface area contributed by atoms with E-state index in [1.807, 2.05) is 31.2 Å². The first-order chi connectivity index (χ1) is 7.75. The van der Waals surface area contributed by atoms with Crippen molar-refractivity contribution < 1.29 is 9.29 Å².